The lowest BCUT2D eigenvalue weighted by Gasteiger charge is -2.42. The standard InChI is InChI=1S/C24H34N2O5/c1-15(2)6-8-19-23(4,31-19)22-16(3)18(10-11-24(22)14-29-24)30-21(27)13-25-17-7-9-20(28-5)26-12-17/h6-7,9,12,16,18-19,22,25H,8,10-11,13-14H2,1-5H3/t16-,18-,19-,22?,23+,24+/m1/s1. The van der Waals surface area contributed by atoms with Crippen molar-refractivity contribution in [3.63, 3.8) is 0 Å². The van der Waals surface area contributed by atoms with Gasteiger partial charge in [0, 0.05) is 17.9 Å². The molecular formula is C24H34N2O5. The van der Waals surface area contributed by atoms with Gasteiger partial charge in [0.15, 0.2) is 0 Å². The number of carbonyl (C=O) groups excluding carboxylic acids is 1. The molecule has 4 rings (SSSR count). The summed E-state index contributed by atoms with van der Waals surface area (Å²) in [5, 5.41) is 3.07. The number of nitrogens with one attached hydrogen (secondary N) is 1. The molecule has 2 aliphatic heterocycles. The topological polar surface area (TPSA) is 85.5 Å². The SMILES string of the molecule is COc1ccc(NCC(=O)O[C@@H]2CC[C@]3(CO3)C([C@@]3(C)O[C@@H]3CC=C(C)C)[C@@H]2C)cn1. The minimum atomic E-state index is -0.262. The number of ether oxygens (including phenoxy) is 4. The average molecular weight is 431 g/mol. The van der Waals surface area contributed by atoms with E-state index in [0.717, 1.165) is 31.6 Å². The van der Waals surface area contributed by atoms with Crippen LogP contribution in [0, 0.1) is 11.8 Å². The summed E-state index contributed by atoms with van der Waals surface area (Å²) in [6.07, 6.45) is 6.59. The Kier molecular flexibility index (Phi) is 6.01. The number of rotatable bonds is 8. The second-order valence-electron chi connectivity index (χ2n) is 9.51. The minimum Gasteiger partial charge on any atom is -0.481 e. The molecule has 1 aromatic heterocycles. The molecule has 1 spiro atoms. The quantitative estimate of drug-likeness (QED) is 0.382. The first-order valence-corrected chi connectivity index (χ1v) is 11.2. The summed E-state index contributed by atoms with van der Waals surface area (Å²) in [5.41, 5.74) is 1.72. The fourth-order valence-electron chi connectivity index (χ4n) is 5.29. The number of nitrogens with zero attached hydrogens (tertiary/aromatic N) is 1. The molecule has 2 saturated heterocycles. The van der Waals surface area contributed by atoms with Gasteiger partial charge in [-0.2, -0.15) is 0 Å². The summed E-state index contributed by atoms with van der Waals surface area (Å²) in [7, 11) is 1.57. The molecule has 3 aliphatic rings. The zero-order valence-corrected chi connectivity index (χ0v) is 19.1. The van der Waals surface area contributed by atoms with Crippen LogP contribution in [0.3, 0.4) is 0 Å². The maximum absolute atomic E-state index is 12.5. The van der Waals surface area contributed by atoms with Crippen molar-refractivity contribution in [1.82, 2.24) is 4.98 Å². The van der Waals surface area contributed by atoms with E-state index in [-0.39, 0.29) is 47.8 Å². The smallest absolute Gasteiger partial charge is 0.325 e. The Morgan fingerprint density at radius 2 is 2.16 bits per heavy atom. The fraction of sp³-hybridized carbons (Fsp3) is 0.667. The highest BCUT2D eigenvalue weighted by Gasteiger charge is 2.70. The average Bonchev–Trinajstić information content (AvgIpc) is 3.65. The Morgan fingerprint density at radius 3 is 2.77 bits per heavy atom. The van der Waals surface area contributed by atoms with Gasteiger partial charge in [0.05, 0.1) is 42.9 Å². The van der Waals surface area contributed by atoms with Crippen LogP contribution < -0.4 is 10.1 Å². The fourth-order valence-corrected chi connectivity index (χ4v) is 5.29. The second kappa shape index (κ2) is 8.43. The van der Waals surface area contributed by atoms with Crippen LogP contribution in [-0.2, 0) is 19.0 Å². The summed E-state index contributed by atoms with van der Waals surface area (Å²) in [6.45, 7) is 9.48. The Balaban J connectivity index is 1.35. The molecule has 1 N–H and O–H groups in total. The molecule has 1 aromatic rings. The van der Waals surface area contributed by atoms with Crippen LogP contribution in [0.15, 0.2) is 30.0 Å². The van der Waals surface area contributed by atoms with E-state index in [4.69, 9.17) is 18.9 Å². The van der Waals surface area contributed by atoms with Crippen LogP contribution in [0.2, 0.25) is 0 Å². The Bertz CT molecular complexity index is 831. The van der Waals surface area contributed by atoms with Gasteiger partial charge >= 0.3 is 5.97 Å². The van der Waals surface area contributed by atoms with E-state index >= 15 is 0 Å². The van der Waals surface area contributed by atoms with E-state index in [9.17, 15) is 4.79 Å². The predicted molar refractivity (Wildman–Crippen MR) is 117 cm³/mol. The first kappa shape index (κ1) is 22.1. The first-order valence-electron chi connectivity index (χ1n) is 11.2. The van der Waals surface area contributed by atoms with Crippen molar-refractivity contribution in [2.45, 2.75) is 70.4 Å². The molecule has 1 saturated carbocycles. The number of allylic oxidation sites excluding steroid dienone is 1. The molecule has 1 unspecified atom stereocenters. The van der Waals surface area contributed by atoms with Gasteiger partial charge in [-0.05, 0) is 46.1 Å². The van der Waals surface area contributed by atoms with Crippen molar-refractivity contribution < 1.29 is 23.7 Å². The maximum Gasteiger partial charge on any atom is 0.325 e. The Labute approximate surface area is 184 Å². The number of esters is 1. The summed E-state index contributed by atoms with van der Waals surface area (Å²) >= 11 is 0. The molecule has 3 heterocycles. The van der Waals surface area contributed by atoms with E-state index < -0.39 is 0 Å². The first-order chi connectivity index (χ1) is 14.8. The lowest BCUT2D eigenvalue weighted by Crippen LogP contribution is -2.50. The van der Waals surface area contributed by atoms with E-state index in [2.05, 4.69) is 44.1 Å². The van der Waals surface area contributed by atoms with Crippen LogP contribution in [0.25, 0.3) is 0 Å². The van der Waals surface area contributed by atoms with Gasteiger partial charge in [0.2, 0.25) is 5.88 Å². The van der Waals surface area contributed by atoms with Gasteiger partial charge in [-0.25, -0.2) is 4.98 Å². The summed E-state index contributed by atoms with van der Waals surface area (Å²) in [5.74, 6) is 0.664. The summed E-state index contributed by atoms with van der Waals surface area (Å²) < 4.78 is 23.2. The molecule has 0 bridgehead atoms. The highest BCUT2D eigenvalue weighted by atomic mass is 16.6. The third-order valence-electron chi connectivity index (χ3n) is 7.05. The van der Waals surface area contributed by atoms with Crippen molar-refractivity contribution in [2.75, 3.05) is 25.6 Å². The minimum absolute atomic E-state index is 0.0977. The number of hydrogen-bond acceptors (Lipinski definition) is 7. The number of aromatic nitrogens is 1. The number of epoxide rings is 2. The number of anilines is 1. The largest absolute Gasteiger partial charge is 0.481 e. The molecular weight excluding hydrogens is 396 g/mol. The highest BCUT2D eigenvalue weighted by Crippen LogP contribution is 2.60. The lowest BCUT2D eigenvalue weighted by atomic mass is 9.64. The molecule has 170 valence electrons. The van der Waals surface area contributed by atoms with Crippen molar-refractivity contribution in [1.29, 1.82) is 0 Å². The van der Waals surface area contributed by atoms with Crippen LogP contribution >= 0.6 is 0 Å². The normalized spacial score (nSPS) is 35.9. The molecule has 3 fully saturated rings. The summed E-state index contributed by atoms with van der Waals surface area (Å²) in [6, 6.07) is 3.57. The molecule has 1 aliphatic carbocycles. The number of pyridine rings is 1. The van der Waals surface area contributed by atoms with Crippen LogP contribution in [0.5, 0.6) is 5.88 Å². The van der Waals surface area contributed by atoms with Crippen molar-refractivity contribution >= 4 is 11.7 Å². The van der Waals surface area contributed by atoms with E-state index in [1.807, 2.05) is 6.07 Å². The number of carbonyl (C=O) groups is 1. The van der Waals surface area contributed by atoms with E-state index in [1.54, 1.807) is 19.4 Å². The molecule has 0 aromatic carbocycles. The third kappa shape index (κ3) is 4.58. The second-order valence-corrected chi connectivity index (χ2v) is 9.51. The lowest BCUT2D eigenvalue weighted by molar-refractivity contribution is -0.156. The number of methoxy groups -OCH3 is 1. The zero-order chi connectivity index (χ0) is 22.2. The van der Waals surface area contributed by atoms with Gasteiger partial charge in [-0.1, -0.05) is 18.6 Å². The van der Waals surface area contributed by atoms with Gasteiger partial charge in [0.25, 0.3) is 0 Å². The molecule has 6 atom stereocenters. The van der Waals surface area contributed by atoms with E-state index in [1.165, 1.54) is 5.57 Å². The molecule has 7 nitrogen and oxygen atoms in total. The van der Waals surface area contributed by atoms with Crippen LogP contribution in [0.1, 0.15) is 47.0 Å². The Morgan fingerprint density at radius 1 is 1.39 bits per heavy atom. The van der Waals surface area contributed by atoms with Crippen molar-refractivity contribution in [2.24, 2.45) is 11.8 Å². The van der Waals surface area contributed by atoms with Gasteiger partial charge in [-0.15, -0.1) is 0 Å². The molecule has 0 radical (unpaired) electrons. The number of hydrogen-bond donors (Lipinski definition) is 1. The van der Waals surface area contributed by atoms with Gasteiger partial charge in [-0.3, -0.25) is 4.79 Å². The van der Waals surface area contributed by atoms with Gasteiger partial charge in [0.1, 0.15) is 12.6 Å². The van der Waals surface area contributed by atoms with Crippen LogP contribution in [0.4, 0.5) is 5.69 Å². The van der Waals surface area contributed by atoms with E-state index in [0.29, 0.717) is 5.88 Å². The predicted octanol–water partition coefficient (Wildman–Crippen LogP) is 3.74. The molecule has 0 amide bonds. The molecule has 7 heteroatoms. The maximum atomic E-state index is 12.5. The van der Waals surface area contributed by atoms with Crippen molar-refractivity contribution in [3.8, 4) is 5.88 Å². The highest BCUT2D eigenvalue weighted by molar-refractivity contribution is 5.75. The zero-order valence-electron chi connectivity index (χ0n) is 19.1. The third-order valence-corrected chi connectivity index (χ3v) is 7.05. The monoisotopic (exact) mass is 430 g/mol. The Hall–Kier alpha value is -2.12. The molecule has 31 heavy (non-hydrogen) atoms. The van der Waals surface area contributed by atoms with Crippen molar-refractivity contribution in [3.05, 3.63) is 30.0 Å². The van der Waals surface area contributed by atoms with Crippen LogP contribution in [-0.4, -0.2) is 54.6 Å². The summed E-state index contributed by atoms with van der Waals surface area (Å²) in [4.78, 5) is 16.7. The van der Waals surface area contributed by atoms with Gasteiger partial charge < -0.3 is 24.3 Å².